The summed E-state index contributed by atoms with van der Waals surface area (Å²) in [6.45, 7) is 0. The average molecular weight is 473 g/mol. The average Bonchev–Trinajstić information content (AvgIpc) is 2.73. The number of hydrogen-bond donors (Lipinski definition) is 6. The van der Waals surface area contributed by atoms with Crippen molar-refractivity contribution in [3.8, 4) is 5.75 Å². The van der Waals surface area contributed by atoms with E-state index in [1.54, 1.807) is 25.1 Å². The number of amides is 1. The number of ketones is 2. The fourth-order valence-electron chi connectivity index (χ4n) is 5.66. The summed E-state index contributed by atoms with van der Waals surface area (Å²) in [5.74, 6) is -7.90. The number of carbonyl (C=O) groups excluding carboxylic acids is 3. The van der Waals surface area contributed by atoms with Crippen molar-refractivity contribution in [2.75, 3.05) is 33.1 Å². The van der Waals surface area contributed by atoms with Crippen LogP contribution in [0.5, 0.6) is 5.75 Å². The van der Waals surface area contributed by atoms with Gasteiger partial charge in [0.1, 0.15) is 22.8 Å². The zero-order valence-electron chi connectivity index (χ0n) is 19.1. The molecule has 0 bridgehead atoms. The number of nitrogens with two attached hydrogens (primary N) is 1. The van der Waals surface area contributed by atoms with Crippen molar-refractivity contribution in [3.05, 3.63) is 40.2 Å². The van der Waals surface area contributed by atoms with Crippen molar-refractivity contribution in [1.82, 2.24) is 4.90 Å². The molecule has 34 heavy (non-hydrogen) atoms. The lowest BCUT2D eigenvalue weighted by molar-refractivity contribution is -0.155. The molecule has 7 N–H and O–H groups in total. The van der Waals surface area contributed by atoms with E-state index in [9.17, 15) is 39.9 Å². The molecule has 3 aliphatic carbocycles. The zero-order chi connectivity index (χ0) is 25.4. The number of Topliss-reactive ketones (excluding diaryl/α,β-unsaturated/α-hetero) is 2. The van der Waals surface area contributed by atoms with Crippen LogP contribution in [0.25, 0.3) is 5.76 Å². The van der Waals surface area contributed by atoms with Crippen molar-refractivity contribution >= 4 is 28.9 Å². The molecule has 182 valence electrons. The fraction of sp³-hybridized carbons (Fsp3) is 0.435. The first-order valence-corrected chi connectivity index (χ1v) is 10.6. The second-order valence-corrected chi connectivity index (χ2v) is 9.40. The van der Waals surface area contributed by atoms with Crippen molar-refractivity contribution in [2.45, 2.75) is 24.2 Å². The van der Waals surface area contributed by atoms with Gasteiger partial charge in [0.2, 0.25) is 5.78 Å². The van der Waals surface area contributed by atoms with Crippen LogP contribution in [-0.2, 0) is 14.4 Å². The van der Waals surface area contributed by atoms with E-state index in [1.165, 1.54) is 25.1 Å². The SMILES string of the molecule is CN(C)c1ccc(O)c2c1C(O)[C@H]1C[C@H]3[C@H](N(C)C)C(=O)C(C(N)=O)=C(O)[C@@]3(O)C(=O)C1=C2O. The van der Waals surface area contributed by atoms with Gasteiger partial charge in [-0.1, -0.05) is 0 Å². The topological polar surface area (TPSA) is 185 Å². The Labute approximate surface area is 195 Å². The zero-order valence-corrected chi connectivity index (χ0v) is 19.1. The van der Waals surface area contributed by atoms with E-state index in [4.69, 9.17) is 5.73 Å². The second kappa shape index (κ2) is 7.55. The summed E-state index contributed by atoms with van der Waals surface area (Å²) >= 11 is 0. The lowest BCUT2D eigenvalue weighted by atomic mass is 9.57. The summed E-state index contributed by atoms with van der Waals surface area (Å²) in [5, 5.41) is 55.3. The first kappa shape index (κ1) is 23.7. The predicted octanol–water partition coefficient (Wildman–Crippen LogP) is -0.479. The number of aliphatic hydroxyl groups is 4. The van der Waals surface area contributed by atoms with Crippen LogP contribution < -0.4 is 10.6 Å². The van der Waals surface area contributed by atoms with Crippen molar-refractivity contribution < 1.29 is 39.9 Å². The van der Waals surface area contributed by atoms with Crippen molar-refractivity contribution in [3.63, 3.8) is 0 Å². The van der Waals surface area contributed by atoms with Gasteiger partial charge in [-0.15, -0.1) is 0 Å². The van der Waals surface area contributed by atoms with E-state index in [2.05, 4.69) is 0 Å². The Bertz CT molecular complexity index is 1200. The van der Waals surface area contributed by atoms with Gasteiger partial charge in [0.05, 0.1) is 17.7 Å². The van der Waals surface area contributed by atoms with Crippen LogP contribution >= 0.6 is 0 Å². The summed E-state index contributed by atoms with van der Waals surface area (Å²) in [7, 11) is 6.42. The quantitative estimate of drug-likeness (QED) is 0.313. The summed E-state index contributed by atoms with van der Waals surface area (Å²) in [6, 6.07) is 1.63. The third kappa shape index (κ3) is 2.84. The Balaban J connectivity index is 2.03. The number of fused-ring (bicyclic) bond motifs is 3. The highest BCUT2D eigenvalue weighted by atomic mass is 16.3. The van der Waals surface area contributed by atoms with Gasteiger partial charge in [-0.25, -0.2) is 0 Å². The maximum absolute atomic E-state index is 13.7. The number of likely N-dealkylation sites (N-methyl/N-ethyl adjacent to an activating group) is 1. The number of aliphatic hydroxyl groups excluding tert-OH is 3. The minimum atomic E-state index is -2.75. The maximum atomic E-state index is 13.7. The molecule has 11 nitrogen and oxygen atoms in total. The van der Waals surface area contributed by atoms with Gasteiger partial charge in [0.15, 0.2) is 11.4 Å². The first-order chi connectivity index (χ1) is 15.8. The molecule has 1 aromatic rings. The van der Waals surface area contributed by atoms with E-state index in [-0.39, 0.29) is 17.5 Å². The van der Waals surface area contributed by atoms with Crippen molar-refractivity contribution in [1.29, 1.82) is 0 Å². The number of benzene rings is 1. The van der Waals surface area contributed by atoms with Crippen LogP contribution in [0.2, 0.25) is 0 Å². The Morgan fingerprint density at radius 2 is 1.74 bits per heavy atom. The molecule has 4 rings (SSSR count). The molecule has 0 saturated heterocycles. The van der Waals surface area contributed by atoms with E-state index >= 15 is 0 Å². The highest BCUT2D eigenvalue weighted by molar-refractivity contribution is 6.24. The monoisotopic (exact) mass is 473 g/mol. The lowest BCUT2D eigenvalue weighted by Gasteiger charge is -2.51. The summed E-state index contributed by atoms with van der Waals surface area (Å²) in [4.78, 5) is 41.8. The Hall–Kier alpha value is -3.41. The van der Waals surface area contributed by atoms with Crippen LogP contribution in [0.3, 0.4) is 0 Å². The smallest absolute Gasteiger partial charge is 0.255 e. The molecule has 1 amide bonds. The molecule has 5 atom stereocenters. The Morgan fingerprint density at radius 3 is 2.26 bits per heavy atom. The van der Waals surface area contributed by atoms with E-state index in [1.807, 2.05) is 0 Å². The number of rotatable bonds is 3. The van der Waals surface area contributed by atoms with Crippen LogP contribution in [0.1, 0.15) is 23.7 Å². The number of phenolic OH excluding ortho intramolecular Hbond substituents is 1. The number of primary amides is 1. The number of carbonyl (C=O) groups is 3. The second-order valence-electron chi connectivity index (χ2n) is 9.40. The first-order valence-electron chi connectivity index (χ1n) is 10.6. The molecule has 0 aliphatic heterocycles. The van der Waals surface area contributed by atoms with E-state index in [0.717, 1.165) is 0 Å². The number of hydrogen-bond acceptors (Lipinski definition) is 10. The van der Waals surface area contributed by atoms with E-state index < -0.39 is 75.5 Å². The Morgan fingerprint density at radius 1 is 1.12 bits per heavy atom. The molecule has 1 aromatic carbocycles. The standard InChI is InChI=1S/C23H27N3O8/c1-25(2)10-5-6-11(27)14-13(10)17(28)8-7-9-16(26(3)4)19(30)15(22(24)33)21(32)23(9,34)20(31)12(8)18(14)29/h5-6,8-9,16-17,27-29,32,34H,7H2,1-4H3,(H2,24,33)/t8-,9-,16-,17?,23-/m0/s1. The molecule has 0 radical (unpaired) electrons. The molecule has 0 aromatic heterocycles. The molecule has 1 saturated carbocycles. The lowest BCUT2D eigenvalue weighted by Crippen LogP contribution is -2.66. The van der Waals surface area contributed by atoms with Crippen molar-refractivity contribution in [2.24, 2.45) is 17.6 Å². The van der Waals surface area contributed by atoms with Gasteiger partial charge in [-0.2, -0.15) is 0 Å². The van der Waals surface area contributed by atoms with Crippen LogP contribution in [-0.4, -0.2) is 87.7 Å². The van der Waals surface area contributed by atoms with E-state index in [0.29, 0.717) is 5.69 Å². The molecule has 1 unspecified atom stereocenters. The molecule has 1 fully saturated rings. The van der Waals surface area contributed by atoms with Gasteiger partial charge in [-0.3, -0.25) is 19.3 Å². The largest absolute Gasteiger partial charge is 0.508 e. The summed E-state index contributed by atoms with van der Waals surface area (Å²) in [5.41, 5.74) is 1.74. The molecule has 0 heterocycles. The molecular formula is C23H27N3O8. The Kier molecular flexibility index (Phi) is 5.27. The fourth-order valence-corrected chi connectivity index (χ4v) is 5.66. The van der Waals surface area contributed by atoms with Crippen LogP contribution in [0.4, 0.5) is 5.69 Å². The van der Waals surface area contributed by atoms with Gasteiger partial charge in [0, 0.05) is 42.8 Å². The summed E-state index contributed by atoms with van der Waals surface area (Å²) in [6.07, 6.45) is -1.59. The third-order valence-electron chi connectivity index (χ3n) is 7.15. The van der Waals surface area contributed by atoms with Gasteiger partial charge < -0.3 is 36.2 Å². The highest BCUT2D eigenvalue weighted by Gasteiger charge is 2.65. The summed E-state index contributed by atoms with van der Waals surface area (Å²) < 4.78 is 0. The number of anilines is 1. The number of phenols is 1. The van der Waals surface area contributed by atoms with Crippen LogP contribution in [0.15, 0.2) is 29.0 Å². The normalized spacial score (nSPS) is 30.8. The van der Waals surface area contributed by atoms with Gasteiger partial charge in [0.25, 0.3) is 5.91 Å². The number of aromatic hydroxyl groups is 1. The minimum absolute atomic E-state index is 0.171. The van der Waals surface area contributed by atoms with Gasteiger partial charge >= 0.3 is 0 Å². The molecular weight excluding hydrogens is 446 g/mol. The molecule has 3 aliphatic rings. The third-order valence-corrected chi connectivity index (χ3v) is 7.15. The minimum Gasteiger partial charge on any atom is -0.508 e. The van der Waals surface area contributed by atoms with Crippen LogP contribution in [0, 0.1) is 11.8 Å². The predicted molar refractivity (Wildman–Crippen MR) is 120 cm³/mol. The highest BCUT2D eigenvalue weighted by Crippen LogP contribution is 2.56. The maximum Gasteiger partial charge on any atom is 0.255 e. The van der Waals surface area contributed by atoms with Gasteiger partial charge in [-0.05, 0) is 32.6 Å². The molecule has 11 heteroatoms. The number of nitrogens with zero attached hydrogens (tertiary/aromatic N) is 2. The molecule has 0 spiro atoms.